The minimum Gasteiger partial charge on any atom is -0.323 e. The summed E-state index contributed by atoms with van der Waals surface area (Å²) >= 11 is 3.46. The first-order chi connectivity index (χ1) is 8.65. The molecule has 4 heteroatoms. The third-order valence-electron chi connectivity index (χ3n) is 3.33. The fourth-order valence-corrected chi connectivity index (χ4v) is 2.71. The van der Waals surface area contributed by atoms with Crippen LogP contribution in [0.5, 0.6) is 0 Å². The fourth-order valence-electron chi connectivity index (χ4n) is 2.28. The summed E-state index contributed by atoms with van der Waals surface area (Å²) in [6.07, 6.45) is 2.79. The molecule has 1 fully saturated rings. The number of hydrogen-bond acceptors (Lipinski definition) is 2. The Kier molecular flexibility index (Phi) is 4.03. The number of benzene rings is 1. The van der Waals surface area contributed by atoms with Crippen molar-refractivity contribution in [2.45, 2.75) is 32.2 Å². The van der Waals surface area contributed by atoms with Gasteiger partial charge in [0.1, 0.15) is 6.04 Å². The van der Waals surface area contributed by atoms with Crippen LogP contribution in [0.4, 0.5) is 0 Å². The summed E-state index contributed by atoms with van der Waals surface area (Å²) in [6, 6.07) is 7.59. The average molecular weight is 307 g/mol. The van der Waals surface area contributed by atoms with Crippen LogP contribution in [0.15, 0.2) is 22.7 Å². The Hall–Kier alpha value is -1.34. The fraction of sp³-hybridized carbons (Fsp3) is 0.429. The van der Waals surface area contributed by atoms with Crippen molar-refractivity contribution < 1.29 is 4.79 Å². The third kappa shape index (κ3) is 2.41. The number of hydrogen-bond donors (Lipinski definition) is 0. The maximum Gasteiger partial charge on any atom is 0.256 e. The highest BCUT2D eigenvalue weighted by atomic mass is 79.9. The van der Waals surface area contributed by atoms with Gasteiger partial charge in [-0.1, -0.05) is 12.1 Å². The zero-order valence-corrected chi connectivity index (χ0v) is 11.9. The number of nitriles is 1. The predicted molar refractivity (Wildman–Crippen MR) is 73.2 cm³/mol. The second-order valence-corrected chi connectivity index (χ2v) is 5.37. The molecular formula is C14H15BrN2O. The molecule has 1 aliphatic heterocycles. The van der Waals surface area contributed by atoms with E-state index >= 15 is 0 Å². The predicted octanol–water partition coefficient (Wildman–Crippen LogP) is 3.28. The van der Waals surface area contributed by atoms with E-state index in [2.05, 4.69) is 22.0 Å². The van der Waals surface area contributed by atoms with Crippen molar-refractivity contribution in [3.05, 3.63) is 33.8 Å². The van der Waals surface area contributed by atoms with Crippen LogP contribution in [-0.2, 0) is 0 Å². The molecule has 0 spiro atoms. The average Bonchev–Trinajstić information content (AvgIpc) is 2.41. The number of aryl methyl sites for hydroxylation is 1. The number of nitrogens with zero attached hydrogens (tertiary/aromatic N) is 2. The van der Waals surface area contributed by atoms with E-state index in [4.69, 9.17) is 5.26 Å². The number of rotatable bonds is 1. The first-order valence-corrected chi connectivity index (χ1v) is 6.90. The van der Waals surface area contributed by atoms with Crippen LogP contribution >= 0.6 is 15.9 Å². The molecule has 0 bridgehead atoms. The van der Waals surface area contributed by atoms with Gasteiger partial charge in [0.2, 0.25) is 0 Å². The lowest BCUT2D eigenvalue weighted by Crippen LogP contribution is -2.43. The molecule has 94 valence electrons. The summed E-state index contributed by atoms with van der Waals surface area (Å²) < 4.78 is 0.831. The Morgan fingerprint density at radius 2 is 2.28 bits per heavy atom. The number of amides is 1. The lowest BCUT2D eigenvalue weighted by atomic mass is 10.0. The standard InChI is InChI=1S/C14H15BrN2O/c1-10-5-4-7-12(13(10)15)14(18)17-8-3-2-6-11(17)9-16/h4-5,7,11H,2-3,6,8H2,1H3. The van der Waals surface area contributed by atoms with Gasteiger partial charge in [-0.2, -0.15) is 5.26 Å². The molecule has 1 saturated heterocycles. The maximum atomic E-state index is 12.5. The molecule has 1 aromatic rings. The van der Waals surface area contributed by atoms with Crippen molar-refractivity contribution in [1.82, 2.24) is 4.90 Å². The molecule has 0 N–H and O–H groups in total. The van der Waals surface area contributed by atoms with Gasteiger partial charge in [-0.3, -0.25) is 4.79 Å². The Labute approximate surface area is 116 Å². The van der Waals surface area contributed by atoms with Gasteiger partial charge in [-0.05, 0) is 53.7 Å². The van der Waals surface area contributed by atoms with E-state index < -0.39 is 0 Å². The van der Waals surface area contributed by atoms with Crippen molar-refractivity contribution in [2.24, 2.45) is 0 Å². The van der Waals surface area contributed by atoms with E-state index in [1.165, 1.54) is 0 Å². The monoisotopic (exact) mass is 306 g/mol. The van der Waals surface area contributed by atoms with Crippen LogP contribution in [0.1, 0.15) is 35.2 Å². The molecule has 2 rings (SSSR count). The Morgan fingerprint density at radius 1 is 1.50 bits per heavy atom. The number of carbonyl (C=O) groups is 1. The van der Waals surface area contributed by atoms with Gasteiger partial charge < -0.3 is 4.90 Å². The quantitative estimate of drug-likeness (QED) is 0.799. The topological polar surface area (TPSA) is 44.1 Å². The molecule has 3 nitrogen and oxygen atoms in total. The summed E-state index contributed by atoms with van der Waals surface area (Å²) in [6.45, 7) is 2.64. The first-order valence-electron chi connectivity index (χ1n) is 6.11. The molecule has 0 aromatic heterocycles. The first kappa shape index (κ1) is 13.1. The zero-order valence-electron chi connectivity index (χ0n) is 10.3. The maximum absolute atomic E-state index is 12.5. The number of likely N-dealkylation sites (tertiary alicyclic amines) is 1. The van der Waals surface area contributed by atoms with Crippen molar-refractivity contribution >= 4 is 21.8 Å². The molecule has 0 aliphatic carbocycles. The summed E-state index contributed by atoms with van der Waals surface area (Å²) in [7, 11) is 0. The summed E-state index contributed by atoms with van der Waals surface area (Å²) in [5, 5.41) is 9.13. The highest BCUT2D eigenvalue weighted by Crippen LogP contribution is 2.25. The molecule has 18 heavy (non-hydrogen) atoms. The van der Waals surface area contributed by atoms with E-state index in [0.717, 1.165) is 29.3 Å². The molecule has 0 saturated carbocycles. The van der Waals surface area contributed by atoms with E-state index in [-0.39, 0.29) is 11.9 Å². The van der Waals surface area contributed by atoms with Crippen molar-refractivity contribution in [1.29, 1.82) is 5.26 Å². The number of carbonyl (C=O) groups excluding carboxylic acids is 1. The van der Waals surface area contributed by atoms with E-state index in [9.17, 15) is 4.79 Å². The van der Waals surface area contributed by atoms with Crippen LogP contribution in [-0.4, -0.2) is 23.4 Å². The van der Waals surface area contributed by atoms with Gasteiger partial charge in [0, 0.05) is 11.0 Å². The normalized spacial score (nSPS) is 19.4. The Bertz CT molecular complexity index is 507. The van der Waals surface area contributed by atoms with E-state index in [1.54, 1.807) is 4.90 Å². The summed E-state index contributed by atoms with van der Waals surface area (Å²) in [4.78, 5) is 14.2. The van der Waals surface area contributed by atoms with Crippen LogP contribution in [0.2, 0.25) is 0 Å². The highest BCUT2D eigenvalue weighted by molar-refractivity contribution is 9.10. The molecule has 1 aromatic carbocycles. The number of halogens is 1. The summed E-state index contributed by atoms with van der Waals surface area (Å²) in [5.74, 6) is -0.0446. The third-order valence-corrected chi connectivity index (χ3v) is 4.39. The second kappa shape index (κ2) is 5.53. The van der Waals surface area contributed by atoms with Crippen LogP contribution in [0.3, 0.4) is 0 Å². The van der Waals surface area contributed by atoms with Gasteiger partial charge in [-0.25, -0.2) is 0 Å². The smallest absolute Gasteiger partial charge is 0.256 e. The Morgan fingerprint density at radius 3 is 3.00 bits per heavy atom. The molecule has 1 amide bonds. The minimum absolute atomic E-state index is 0.0446. The van der Waals surface area contributed by atoms with Crippen molar-refractivity contribution in [3.63, 3.8) is 0 Å². The van der Waals surface area contributed by atoms with Gasteiger partial charge in [0.15, 0.2) is 0 Å². The molecular weight excluding hydrogens is 292 g/mol. The molecule has 1 unspecified atom stereocenters. The van der Waals surface area contributed by atoms with Gasteiger partial charge in [-0.15, -0.1) is 0 Å². The highest BCUT2D eigenvalue weighted by Gasteiger charge is 2.28. The zero-order chi connectivity index (χ0) is 13.1. The Balaban J connectivity index is 2.30. The summed E-state index contributed by atoms with van der Waals surface area (Å²) in [5.41, 5.74) is 1.68. The largest absolute Gasteiger partial charge is 0.323 e. The van der Waals surface area contributed by atoms with E-state index in [1.807, 2.05) is 25.1 Å². The van der Waals surface area contributed by atoms with Gasteiger partial charge in [0.25, 0.3) is 5.91 Å². The van der Waals surface area contributed by atoms with Crippen molar-refractivity contribution in [2.75, 3.05) is 6.54 Å². The van der Waals surface area contributed by atoms with Crippen LogP contribution in [0.25, 0.3) is 0 Å². The number of piperidine rings is 1. The molecule has 0 radical (unpaired) electrons. The molecule has 1 heterocycles. The van der Waals surface area contributed by atoms with Crippen LogP contribution < -0.4 is 0 Å². The molecule has 1 atom stereocenters. The van der Waals surface area contributed by atoms with Gasteiger partial charge in [0.05, 0.1) is 11.6 Å². The SMILES string of the molecule is Cc1cccc(C(=O)N2CCCCC2C#N)c1Br. The van der Waals surface area contributed by atoms with Crippen LogP contribution in [0, 0.1) is 18.3 Å². The molecule has 1 aliphatic rings. The lowest BCUT2D eigenvalue weighted by molar-refractivity contribution is 0.0669. The minimum atomic E-state index is -0.279. The lowest BCUT2D eigenvalue weighted by Gasteiger charge is -2.31. The van der Waals surface area contributed by atoms with Crippen molar-refractivity contribution in [3.8, 4) is 6.07 Å². The van der Waals surface area contributed by atoms with Gasteiger partial charge >= 0.3 is 0 Å². The second-order valence-electron chi connectivity index (χ2n) is 4.58. The van der Waals surface area contributed by atoms with E-state index in [0.29, 0.717) is 12.1 Å².